The first kappa shape index (κ1) is 15.7. The van der Waals surface area contributed by atoms with Crippen molar-refractivity contribution in [2.75, 3.05) is 0 Å². The van der Waals surface area contributed by atoms with Crippen molar-refractivity contribution in [1.29, 1.82) is 0 Å². The van der Waals surface area contributed by atoms with Gasteiger partial charge >= 0.3 is 0 Å². The molecule has 2 nitrogen and oxygen atoms in total. The molecule has 0 saturated carbocycles. The number of aromatic nitrogens is 2. The van der Waals surface area contributed by atoms with Crippen molar-refractivity contribution in [2.45, 2.75) is 58.3 Å². The topological polar surface area (TPSA) is 25.8 Å². The smallest absolute Gasteiger partial charge is 0.131 e. The van der Waals surface area contributed by atoms with E-state index in [1.807, 2.05) is 6.92 Å². The summed E-state index contributed by atoms with van der Waals surface area (Å²) in [6, 6.07) is 6.67. The highest BCUT2D eigenvalue weighted by Crippen LogP contribution is 2.45. The van der Waals surface area contributed by atoms with Crippen LogP contribution in [-0.4, -0.2) is 9.97 Å². The van der Waals surface area contributed by atoms with Crippen molar-refractivity contribution in [3.05, 3.63) is 58.7 Å². The summed E-state index contributed by atoms with van der Waals surface area (Å²) in [7, 11) is 0. The number of fused-ring (bicyclic) bond motifs is 1. The van der Waals surface area contributed by atoms with Gasteiger partial charge in [-0.05, 0) is 59.8 Å². The molecule has 0 N–H and O–H groups in total. The average Bonchev–Trinajstić information content (AvgIpc) is 2.51. The van der Waals surface area contributed by atoms with Crippen LogP contribution < -0.4 is 0 Å². The predicted molar refractivity (Wildman–Crippen MR) is 94.5 cm³/mol. The van der Waals surface area contributed by atoms with E-state index >= 15 is 0 Å². The molecule has 0 saturated heterocycles. The van der Waals surface area contributed by atoms with Crippen molar-refractivity contribution in [3.63, 3.8) is 0 Å². The molecule has 0 spiro atoms. The van der Waals surface area contributed by atoms with Crippen LogP contribution in [0.5, 0.6) is 0 Å². The van der Waals surface area contributed by atoms with E-state index in [4.69, 9.17) is 0 Å². The highest BCUT2D eigenvalue weighted by molar-refractivity contribution is 5.49. The minimum absolute atomic E-state index is 0.214. The van der Waals surface area contributed by atoms with Crippen LogP contribution in [0.4, 0.5) is 0 Å². The van der Waals surface area contributed by atoms with Gasteiger partial charge in [-0.3, -0.25) is 4.98 Å². The van der Waals surface area contributed by atoms with Gasteiger partial charge in [-0.2, -0.15) is 0 Å². The Bertz CT molecular complexity index is 787. The van der Waals surface area contributed by atoms with Crippen molar-refractivity contribution in [1.82, 2.24) is 9.97 Å². The Morgan fingerprint density at radius 3 is 2.22 bits per heavy atom. The summed E-state index contributed by atoms with van der Waals surface area (Å²) >= 11 is 0. The minimum Gasteiger partial charge on any atom is -0.257 e. The fraction of sp³-hybridized carbons (Fsp3) is 0.429. The van der Waals surface area contributed by atoms with Crippen molar-refractivity contribution < 1.29 is 0 Å². The second kappa shape index (κ2) is 5.49. The van der Waals surface area contributed by atoms with Crippen molar-refractivity contribution in [2.24, 2.45) is 0 Å². The van der Waals surface area contributed by atoms with Crippen LogP contribution in [-0.2, 0) is 10.8 Å². The van der Waals surface area contributed by atoms with Gasteiger partial charge in [0.1, 0.15) is 5.69 Å². The monoisotopic (exact) mass is 304 g/mol. The number of nitrogens with zero attached hydrogens (tertiary/aromatic N) is 2. The summed E-state index contributed by atoms with van der Waals surface area (Å²) in [4.78, 5) is 8.54. The van der Waals surface area contributed by atoms with Gasteiger partial charge < -0.3 is 0 Å². The lowest BCUT2D eigenvalue weighted by molar-refractivity contribution is 0.332. The molecule has 0 fully saturated rings. The third kappa shape index (κ3) is 3.15. The Labute approximate surface area is 139 Å². The molecule has 0 radical (unpaired) electrons. The Morgan fingerprint density at radius 2 is 1.57 bits per heavy atom. The molecule has 3 rings (SSSR count). The maximum Gasteiger partial charge on any atom is 0.131 e. The van der Waals surface area contributed by atoms with Crippen LogP contribution in [0.2, 0.25) is 0 Å². The largest absolute Gasteiger partial charge is 0.257 e. The van der Waals surface area contributed by atoms with Crippen molar-refractivity contribution >= 4 is 0 Å². The normalized spacial score (nSPS) is 17.8. The maximum atomic E-state index is 4.30. The summed E-state index contributed by atoms with van der Waals surface area (Å²) < 4.78 is 0. The molecule has 1 aliphatic carbocycles. The Morgan fingerprint density at radius 1 is 0.870 bits per heavy atom. The van der Waals surface area contributed by atoms with Crippen LogP contribution in [0.15, 0.2) is 30.6 Å². The van der Waals surface area contributed by atoms with E-state index in [1.165, 1.54) is 24.0 Å². The molecule has 1 heterocycles. The molecule has 0 aliphatic heterocycles. The Hall–Kier alpha value is -2.14. The summed E-state index contributed by atoms with van der Waals surface area (Å²) in [5.74, 6) is 6.36. The molecule has 0 amide bonds. The van der Waals surface area contributed by atoms with E-state index in [9.17, 15) is 0 Å². The SMILES string of the molecule is Cc1cnc(C#Cc2ccc3c(c2)C(C)(C)CCC3(C)C)cn1. The lowest BCUT2D eigenvalue weighted by Gasteiger charge is -2.41. The molecular weight excluding hydrogens is 280 g/mol. The number of hydrogen-bond acceptors (Lipinski definition) is 2. The Balaban J connectivity index is 1.99. The van der Waals surface area contributed by atoms with Gasteiger partial charge in [-0.15, -0.1) is 0 Å². The summed E-state index contributed by atoms with van der Waals surface area (Å²) in [5, 5.41) is 0. The molecule has 1 aromatic carbocycles. The molecule has 0 atom stereocenters. The van der Waals surface area contributed by atoms with E-state index in [1.54, 1.807) is 12.4 Å². The second-order valence-electron chi connectivity index (χ2n) is 7.82. The summed E-state index contributed by atoms with van der Waals surface area (Å²) in [5.41, 5.74) is 6.05. The molecule has 0 bridgehead atoms. The highest BCUT2D eigenvalue weighted by Gasteiger charge is 2.36. The molecule has 1 aliphatic rings. The number of aryl methyl sites for hydroxylation is 1. The van der Waals surface area contributed by atoms with Gasteiger partial charge in [0.2, 0.25) is 0 Å². The Kier molecular flexibility index (Phi) is 3.76. The van der Waals surface area contributed by atoms with E-state index in [2.05, 4.69) is 67.7 Å². The van der Waals surface area contributed by atoms with E-state index < -0.39 is 0 Å². The highest BCUT2D eigenvalue weighted by atomic mass is 14.8. The molecule has 118 valence electrons. The summed E-state index contributed by atoms with van der Waals surface area (Å²) in [6.45, 7) is 11.3. The number of hydrogen-bond donors (Lipinski definition) is 0. The van der Waals surface area contributed by atoms with Crippen LogP contribution in [0, 0.1) is 18.8 Å². The van der Waals surface area contributed by atoms with Gasteiger partial charge in [0, 0.05) is 11.8 Å². The van der Waals surface area contributed by atoms with E-state index in [0.29, 0.717) is 5.69 Å². The lowest BCUT2D eigenvalue weighted by atomic mass is 9.63. The lowest BCUT2D eigenvalue weighted by Crippen LogP contribution is -2.33. The quantitative estimate of drug-likeness (QED) is 0.668. The number of rotatable bonds is 0. The molecule has 2 heteroatoms. The fourth-order valence-electron chi connectivity index (χ4n) is 3.26. The third-order valence-corrected chi connectivity index (χ3v) is 4.97. The average molecular weight is 304 g/mol. The second-order valence-corrected chi connectivity index (χ2v) is 7.82. The van der Waals surface area contributed by atoms with Gasteiger partial charge in [0.25, 0.3) is 0 Å². The van der Waals surface area contributed by atoms with Crippen LogP contribution >= 0.6 is 0 Å². The summed E-state index contributed by atoms with van der Waals surface area (Å²) in [6.07, 6.45) is 5.93. The predicted octanol–water partition coefficient (Wildman–Crippen LogP) is 4.53. The minimum atomic E-state index is 0.214. The van der Waals surface area contributed by atoms with Gasteiger partial charge in [-0.25, -0.2) is 4.98 Å². The first-order valence-electron chi connectivity index (χ1n) is 8.24. The molecule has 1 aromatic heterocycles. The zero-order valence-electron chi connectivity index (χ0n) is 14.7. The number of benzene rings is 1. The third-order valence-electron chi connectivity index (χ3n) is 4.97. The fourth-order valence-corrected chi connectivity index (χ4v) is 3.26. The van der Waals surface area contributed by atoms with E-state index in [-0.39, 0.29) is 10.8 Å². The first-order valence-corrected chi connectivity index (χ1v) is 8.24. The first-order chi connectivity index (χ1) is 10.8. The molecule has 0 unspecified atom stereocenters. The van der Waals surface area contributed by atoms with Crippen LogP contribution in [0.25, 0.3) is 0 Å². The zero-order chi connectivity index (χ0) is 16.7. The van der Waals surface area contributed by atoms with Gasteiger partial charge in [0.15, 0.2) is 0 Å². The standard InChI is InChI=1S/C21H24N2/c1-15-13-23-17(14-22-15)8-6-16-7-9-18-19(12-16)21(4,5)11-10-20(18,2)3/h7,9,12-14H,10-11H2,1-5H3. The van der Waals surface area contributed by atoms with Crippen LogP contribution in [0.1, 0.15) is 68.6 Å². The van der Waals surface area contributed by atoms with Gasteiger partial charge in [0.05, 0.1) is 11.9 Å². The zero-order valence-corrected chi connectivity index (χ0v) is 14.7. The van der Waals surface area contributed by atoms with Crippen molar-refractivity contribution in [3.8, 4) is 11.8 Å². The molecule has 23 heavy (non-hydrogen) atoms. The molecule has 2 aromatic rings. The maximum absolute atomic E-state index is 4.30. The van der Waals surface area contributed by atoms with E-state index in [0.717, 1.165) is 11.3 Å². The van der Waals surface area contributed by atoms with Crippen LogP contribution in [0.3, 0.4) is 0 Å². The molecular formula is C21H24N2. The van der Waals surface area contributed by atoms with Gasteiger partial charge in [-0.1, -0.05) is 39.7 Å².